The van der Waals surface area contributed by atoms with E-state index in [1.807, 2.05) is 74.5 Å². The van der Waals surface area contributed by atoms with E-state index in [1.54, 1.807) is 6.07 Å². The number of rotatable bonds is 4. The van der Waals surface area contributed by atoms with Gasteiger partial charge in [-0.05, 0) is 24.8 Å². The number of benzene rings is 3. The van der Waals surface area contributed by atoms with Crippen LogP contribution in [0.1, 0.15) is 31.1 Å². The molecule has 25 heavy (non-hydrogen) atoms. The third kappa shape index (κ3) is 3.80. The van der Waals surface area contributed by atoms with Gasteiger partial charge >= 0.3 is 6.09 Å². The first kappa shape index (κ1) is 17.0. The van der Waals surface area contributed by atoms with Gasteiger partial charge in [-0.1, -0.05) is 66.7 Å². The van der Waals surface area contributed by atoms with Crippen LogP contribution in [0.25, 0.3) is 10.8 Å². The summed E-state index contributed by atoms with van der Waals surface area (Å²) in [5, 5.41) is 15.3. The summed E-state index contributed by atoms with van der Waals surface area (Å²) in [5.74, 6) is 0.382. The summed E-state index contributed by atoms with van der Waals surface area (Å²) in [7, 11) is 0. The predicted octanol–water partition coefficient (Wildman–Crippen LogP) is 4.42. The number of ether oxygens (including phenoxy) is 1. The number of nitrogens with one attached hydrogen (secondary N) is 1. The molecule has 1 atom stereocenters. The highest BCUT2D eigenvalue weighted by atomic mass is 16.6. The number of amides is 1. The number of carbonyl (C=O) groups is 1. The summed E-state index contributed by atoms with van der Waals surface area (Å²) in [4.78, 5) is 12.2. The Kier molecular flexibility index (Phi) is 5.00. The fourth-order valence-corrected chi connectivity index (χ4v) is 2.76. The second-order valence-electron chi connectivity index (χ2n) is 6.21. The Morgan fingerprint density at radius 3 is 2.36 bits per heavy atom. The van der Waals surface area contributed by atoms with Crippen LogP contribution in [0.15, 0.2) is 66.7 Å². The van der Waals surface area contributed by atoms with Crippen molar-refractivity contribution in [3.05, 3.63) is 77.9 Å². The van der Waals surface area contributed by atoms with Crippen molar-refractivity contribution in [2.75, 3.05) is 0 Å². The van der Waals surface area contributed by atoms with Crippen molar-refractivity contribution < 1.29 is 14.6 Å². The van der Waals surface area contributed by atoms with Crippen molar-refractivity contribution in [3.63, 3.8) is 0 Å². The van der Waals surface area contributed by atoms with Gasteiger partial charge in [-0.3, -0.25) is 0 Å². The zero-order chi connectivity index (χ0) is 17.8. The average Bonchev–Trinajstić information content (AvgIpc) is 2.61. The van der Waals surface area contributed by atoms with E-state index in [2.05, 4.69) is 5.32 Å². The van der Waals surface area contributed by atoms with Crippen LogP contribution < -0.4 is 10.1 Å². The number of carbonyl (C=O) groups excluding carboxylic acids is 1. The van der Waals surface area contributed by atoms with Gasteiger partial charge in [0.1, 0.15) is 11.9 Å². The lowest BCUT2D eigenvalue weighted by molar-refractivity contribution is 0.191. The molecule has 0 fully saturated rings. The topological polar surface area (TPSA) is 58.6 Å². The molecular formula is C21H21NO3. The minimum absolute atomic E-state index is 0.0371. The molecule has 0 aromatic heterocycles. The fraction of sp³-hybridized carbons (Fsp3) is 0.190. The summed E-state index contributed by atoms with van der Waals surface area (Å²) >= 11 is 0. The minimum Gasteiger partial charge on any atom is -0.409 e. The standard InChI is InChI=1S/C21H21NO3/c1-14(2)22-21(24)25-20-17-11-7-6-8-15(17)12-13-18(20)19(23)16-9-4-3-5-10-16/h3-14,19,23H,1-2H3,(H,22,24). The molecule has 3 rings (SSSR count). The van der Waals surface area contributed by atoms with Crippen molar-refractivity contribution in [1.82, 2.24) is 5.32 Å². The minimum atomic E-state index is -0.882. The van der Waals surface area contributed by atoms with E-state index in [0.717, 1.165) is 16.3 Å². The molecule has 3 aromatic carbocycles. The van der Waals surface area contributed by atoms with E-state index >= 15 is 0 Å². The Morgan fingerprint density at radius 2 is 1.64 bits per heavy atom. The number of aliphatic hydroxyl groups is 1. The summed E-state index contributed by atoms with van der Waals surface area (Å²) in [5.41, 5.74) is 1.30. The van der Waals surface area contributed by atoms with E-state index in [4.69, 9.17) is 4.74 Å². The van der Waals surface area contributed by atoms with Crippen LogP contribution in [-0.4, -0.2) is 17.2 Å². The van der Waals surface area contributed by atoms with Gasteiger partial charge in [-0.2, -0.15) is 0 Å². The molecule has 128 valence electrons. The van der Waals surface area contributed by atoms with Gasteiger partial charge in [0.25, 0.3) is 0 Å². The Morgan fingerprint density at radius 1 is 0.960 bits per heavy atom. The number of hydrogen-bond acceptors (Lipinski definition) is 3. The largest absolute Gasteiger partial charge is 0.412 e. The normalized spacial score (nSPS) is 12.2. The van der Waals surface area contributed by atoms with E-state index in [1.165, 1.54) is 0 Å². The smallest absolute Gasteiger partial charge is 0.409 e. The van der Waals surface area contributed by atoms with Crippen molar-refractivity contribution in [1.29, 1.82) is 0 Å². The van der Waals surface area contributed by atoms with Gasteiger partial charge in [0.05, 0.1) is 0 Å². The lowest BCUT2D eigenvalue weighted by Crippen LogP contribution is -2.33. The lowest BCUT2D eigenvalue weighted by Gasteiger charge is -2.18. The third-order valence-corrected chi connectivity index (χ3v) is 3.92. The quantitative estimate of drug-likeness (QED) is 0.742. The molecular weight excluding hydrogens is 314 g/mol. The SMILES string of the molecule is CC(C)NC(=O)Oc1c(C(O)c2ccccc2)ccc2ccccc12. The average molecular weight is 335 g/mol. The van der Waals surface area contributed by atoms with E-state index in [9.17, 15) is 9.90 Å². The highest BCUT2D eigenvalue weighted by Gasteiger charge is 2.20. The molecule has 0 spiro atoms. The number of aliphatic hydroxyl groups excluding tert-OH is 1. The maximum absolute atomic E-state index is 12.2. The van der Waals surface area contributed by atoms with Crippen molar-refractivity contribution in [3.8, 4) is 5.75 Å². The van der Waals surface area contributed by atoms with Crippen molar-refractivity contribution in [2.45, 2.75) is 26.0 Å². The van der Waals surface area contributed by atoms with Gasteiger partial charge < -0.3 is 15.2 Å². The molecule has 0 heterocycles. The Labute approximate surface area is 147 Å². The summed E-state index contributed by atoms with van der Waals surface area (Å²) < 4.78 is 5.60. The molecule has 0 radical (unpaired) electrons. The highest BCUT2D eigenvalue weighted by Crippen LogP contribution is 2.36. The second-order valence-corrected chi connectivity index (χ2v) is 6.21. The Hall–Kier alpha value is -2.85. The van der Waals surface area contributed by atoms with Crippen LogP contribution in [0.5, 0.6) is 5.75 Å². The molecule has 3 aromatic rings. The van der Waals surface area contributed by atoms with Gasteiger partial charge in [0, 0.05) is 17.0 Å². The molecule has 0 saturated carbocycles. The van der Waals surface area contributed by atoms with Gasteiger partial charge in [-0.15, -0.1) is 0 Å². The number of hydrogen-bond donors (Lipinski definition) is 2. The van der Waals surface area contributed by atoms with Crippen molar-refractivity contribution in [2.24, 2.45) is 0 Å². The Balaban J connectivity index is 2.08. The predicted molar refractivity (Wildman–Crippen MR) is 98.7 cm³/mol. The molecule has 4 heteroatoms. The molecule has 4 nitrogen and oxygen atoms in total. The van der Waals surface area contributed by atoms with Crippen LogP contribution >= 0.6 is 0 Å². The highest BCUT2D eigenvalue weighted by molar-refractivity contribution is 5.91. The van der Waals surface area contributed by atoms with E-state index < -0.39 is 12.2 Å². The zero-order valence-electron chi connectivity index (χ0n) is 14.3. The van der Waals surface area contributed by atoms with Gasteiger partial charge in [0.2, 0.25) is 0 Å². The molecule has 1 amide bonds. The first-order chi connectivity index (χ1) is 12.1. The third-order valence-electron chi connectivity index (χ3n) is 3.92. The van der Waals surface area contributed by atoms with Crippen molar-refractivity contribution >= 4 is 16.9 Å². The lowest BCUT2D eigenvalue weighted by atomic mass is 9.97. The summed E-state index contributed by atoms with van der Waals surface area (Å²) in [6.45, 7) is 3.73. The summed E-state index contributed by atoms with van der Waals surface area (Å²) in [6, 6.07) is 20.6. The molecule has 0 saturated heterocycles. The second kappa shape index (κ2) is 7.36. The van der Waals surface area contributed by atoms with Crippen LogP contribution in [0.3, 0.4) is 0 Å². The molecule has 0 aliphatic rings. The molecule has 0 aliphatic carbocycles. The van der Waals surface area contributed by atoms with Crippen LogP contribution in [0.4, 0.5) is 4.79 Å². The summed E-state index contributed by atoms with van der Waals surface area (Å²) in [6.07, 6.45) is -1.42. The number of fused-ring (bicyclic) bond motifs is 1. The van der Waals surface area contributed by atoms with Crippen LogP contribution in [0.2, 0.25) is 0 Å². The van der Waals surface area contributed by atoms with Gasteiger partial charge in [0.15, 0.2) is 0 Å². The fourth-order valence-electron chi connectivity index (χ4n) is 2.76. The van der Waals surface area contributed by atoms with Crippen LogP contribution in [-0.2, 0) is 0 Å². The Bertz CT molecular complexity index is 875. The zero-order valence-corrected chi connectivity index (χ0v) is 14.3. The molecule has 2 N–H and O–H groups in total. The van der Waals surface area contributed by atoms with Crippen LogP contribution in [0, 0.1) is 0 Å². The first-order valence-corrected chi connectivity index (χ1v) is 8.29. The maximum Gasteiger partial charge on any atom is 0.412 e. The molecule has 0 bridgehead atoms. The molecule has 0 aliphatic heterocycles. The monoisotopic (exact) mass is 335 g/mol. The van der Waals surface area contributed by atoms with E-state index in [0.29, 0.717) is 11.3 Å². The van der Waals surface area contributed by atoms with Gasteiger partial charge in [-0.25, -0.2) is 4.79 Å². The van der Waals surface area contributed by atoms with E-state index in [-0.39, 0.29) is 6.04 Å². The molecule has 1 unspecified atom stereocenters. The first-order valence-electron chi connectivity index (χ1n) is 8.29. The maximum atomic E-state index is 12.2.